The minimum Gasteiger partial charge on any atom is -0.508 e. The summed E-state index contributed by atoms with van der Waals surface area (Å²) in [7, 11) is 3.59. The molecule has 0 saturated heterocycles. The normalized spacial score (nSPS) is 11.6. The zero-order valence-electron chi connectivity index (χ0n) is 13.3. The Bertz CT molecular complexity index is 516. The van der Waals surface area contributed by atoms with E-state index >= 15 is 0 Å². The number of hydrogen-bond acceptors (Lipinski definition) is 5. The molecular weight excluding hydrogens is 282 g/mol. The summed E-state index contributed by atoms with van der Waals surface area (Å²) < 4.78 is 10.0. The Labute approximate surface area is 131 Å². The van der Waals surface area contributed by atoms with E-state index in [0.29, 0.717) is 19.8 Å². The summed E-state index contributed by atoms with van der Waals surface area (Å²) in [5, 5.41) is 9.32. The predicted molar refractivity (Wildman–Crippen MR) is 84.5 cm³/mol. The number of benzene rings is 1. The topological polar surface area (TPSA) is 59.0 Å². The number of carbonyl (C=O) groups is 1. The van der Waals surface area contributed by atoms with Crippen LogP contribution < -0.4 is 0 Å². The van der Waals surface area contributed by atoms with Crippen LogP contribution in [0.1, 0.15) is 12.5 Å². The summed E-state index contributed by atoms with van der Waals surface area (Å²) >= 11 is 0. The van der Waals surface area contributed by atoms with Crippen molar-refractivity contribution in [3.63, 3.8) is 0 Å². The third kappa shape index (κ3) is 6.61. The first-order valence-corrected chi connectivity index (χ1v) is 7.19. The number of ether oxygens (including phenoxy) is 2. The van der Waals surface area contributed by atoms with E-state index in [4.69, 9.17) is 9.47 Å². The highest BCUT2D eigenvalue weighted by Gasteiger charge is 2.14. The Morgan fingerprint density at radius 2 is 2.05 bits per heavy atom. The highest BCUT2D eigenvalue weighted by molar-refractivity contribution is 5.88. The highest BCUT2D eigenvalue weighted by atomic mass is 16.5. The number of nitrogens with zero attached hydrogens (tertiary/aromatic N) is 1. The summed E-state index contributed by atoms with van der Waals surface area (Å²) in [4.78, 5) is 13.2. The molecular formula is C17H23NO4. The maximum Gasteiger partial charge on any atom is 0.384 e. The standard InChI is InChI=1S/C17H23NO4/c1-4-22-17(20)6-5-11-18(2)15(13-21-3)12-14-7-9-16(19)10-8-14/h7-10,15,19H,4,11-13H2,1-3H3/t15-/m0/s1. The molecule has 1 atom stereocenters. The molecule has 5 heteroatoms. The molecule has 5 nitrogen and oxygen atoms in total. The first-order chi connectivity index (χ1) is 10.6. The fourth-order valence-electron chi connectivity index (χ4n) is 1.97. The second-order valence-corrected chi connectivity index (χ2v) is 4.92. The van der Waals surface area contributed by atoms with Crippen LogP contribution >= 0.6 is 0 Å². The third-order valence-electron chi connectivity index (χ3n) is 3.18. The van der Waals surface area contributed by atoms with Gasteiger partial charge in [0.25, 0.3) is 0 Å². The monoisotopic (exact) mass is 305 g/mol. The maximum absolute atomic E-state index is 11.2. The van der Waals surface area contributed by atoms with Crippen LogP contribution in [0.3, 0.4) is 0 Å². The quantitative estimate of drug-likeness (QED) is 0.469. The Balaban J connectivity index is 2.61. The summed E-state index contributed by atoms with van der Waals surface area (Å²) in [5.41, 5.74) is 1.10. The van der Waals surface area contributed by atoms with E-state index in [1.54, 1.807) is 26.2 Å². The van der Waals surface area contributed by atoms with Gasteiger partial charge in [0.05, 0.1) is 19.8 Å². The van der Waals surface area contributed by atoms with Crippen LogP contribution in [0.25, 0.3) is 0 Å². The fourth-order valence-corrected chi connectivity index (χ4v) is 1.97. The van der Waals surface area contributed by atoms with Gasteiger partial charge in [-0.3, -0.25) is 4.90 Å². The van der Waals surface area contributed by atoms with E-state index < -0.39 is 5.97 Å². The molecule has 0 amide bonds. The SMILES string of the molecule is CCOC(=O)C#CCN(C)[C@H](COC)Cc1ccc(O)cc1. The van der Waals surface area contributed by atoms with Crippen molar-refractivity contribution in [2.45, 2.75) is 19.4 Å². The molecule has 1 aromatic rings. The van der Waals surface area contributed by atoms with E-state index in [1.807, 2.05) is 24.1 Å². The average Bonchev–Trinajstić information content (AvgIpc) is 2.49. The van der Waals surface area contributed by atoms with Crippen molar-refractivity contribution < 1.29 is 19.4 Å². The zero-order valence-corrected chi connectivity index (χ0v) is 13.3. The van der Waals surface area contributed by atoms with Crippen LogP contribution in [0, 0.1) is 11.8 Å². The smallest absolute Gasteiger partial charge is 0.384 e. The van der Waals surface area contributed by atoms with Crippen molar-refractivity contribution in [1.29, 1.82) is 0 Å². The van der Waals surface area contributed by atoms with Crippen molar-refractivity contribution in [3.8, 4) is 17.6 Å². The van der Waals surface area contributed by atoms with Crippen LogP contribution in [0.4, 0.5) is 0 Å². The van der Waals surface area contributed by atoms with Crippen molar-refractivity contribution >= 4 is 5.97 Å². The molecule has 0 aromatic heterocycles. The maximum atomic E-state index is 11.2. The van der Waals surface area contributed by atoms with Crippen LogP contribution in [-0.4, -0.2) is 55.9 Å². The number of phenols is 1. The Morgan fingerprint density at radius 1 is 1.36 bits per heavy atom. The van der Waals surface area contributed by atoms with Crippen LogP contribution in [0.5, 0.6) is 5.75 Å². The van der Waals surface area contributed by atoms with Crippen LogP contribution in [0.15, 0.2) is 24.3 Å². The fraction of sp³-hybridized carbons (Fsp3) is 0.471. The number of esters is 1. The highest BCUT2D eigenvalue weighted by Crippen LogP contribution is 2.13. The van der Waals surface area contributed by atoms with E-state index in [0.717, 1.165) is 12.0 Å². The molecule has 22 heavy (non-hydrogen) atoms. The van der Waals surface area contributed by atoms with Gasteiger partial charge in [-0.15, -0.1) is 0 Å². The number of methoxy groups -OCH3 is 1. The molecule has 0 unspecified atom stereocenters. The molecule has 0 saturated carbocycles. The minimum absolute atomic E-state index is 0.131. The Hall–Kier alpha value is -2.03. The average molecular weight is 305 g/mol. The first kappa shape index (κ1) is 18.0. The molecule has 120 valence electrons. The molecule has 0 spiro atoms. The first-order valence-electron chi connectivity index (χ1n) is 7.19. The van der Waals surface area contributed by atoms with Gasteiger partial charge >= 0.3 is 5.97 Å². The van der Waals surface area contributed by atoms with Crippen LogP contribution in [-0.2, 0) is 20.7 Å². The molecule has 0 aliphatic carbocycles. The molecule has 1 aromatic carbocycles. The van der Waals surface area contributed by atoms with Gasteiger partial charge in [-0.2, -0.15) is 0 Å². The lowest BCUT2D eigenvalue weighted by molar-refractivity contribution is -0.136. The lowest BCUT2D eigenvalue weighted by atomic mass is 10.1. The molecule has 1 N–H and O–H groups in total. The number of likely N-dealkylation sites (N-methyl/N-ethyl adjacent to an activating group) is 1. The van der Waals surface area contributed by atoms with Crippen molar-refractivity contribution in [2.75, 3.05) is 33.9 Å². The third-order valence-corrected chi connectivity index (χ3v) is 3.18. The lowest BCUT2D eigenvalue weighted by Gasteiger charge is -2.25. The number of hydrogen-bond donors (Lipinski definition) is 1. The van der Waals surface area contributed by atoms with E-state index in [9.17, 15) is 9.90 Å². The Kier molecular flexibility index (Phi) is 8.05. The molecule has 0 bridgehead atoms. The van der Waals surface area contributed by atoms with E-state index in [-0.39, 0.29) is 11.8 Å². The lowest BCUT2D eigenvalue weighted by Crippen LogP contribution is -2.37. The van der Waals surface area contributed by atoms with Crippen molar-refractivity contribution in [1.82, 2.24) is 4.90 Å². The number of carbonyl (C=O) groups excluding carboxylic acids is 1. The second-order valence-electron chi connectivity index (χ2n) is 4.92. The van der Waals surface area contributed by atoms with Gasteiger partial charge in [0.2, 0.25) is 0 Å². The van der Waals surface area contributed by atoms with Crippen molar-refractivity contribution in [2.24, 2.45) is 0 Å². The molecule has 0 fully saturated rings. The molecule has 0 aliphatic heterocycles. The molecule has 1 rings (SSSR count). The molecule has 0 aliphatic rings. The van der Waals surface area contributed by atoms with Gasteiger partial charge in [-0.05, 0) is 38.1 Å². The van der Waals surface area contributed by atoms with Gasteiger partial charge in [-0.25, -0.2) is 4.79 Å². The second kappa shape index (κ2) is 9.82. The van der Waals surface area contributed by atoms with Gasteiger partial charge in [0, 0.05) is 19.1 Å². The number of rotatable bonds is 7. The predicted octanol–water partition coefficient (Wildman–Crippen LogP) is 1.45. The Morgan fingerprint density at radius 3 is 2.64 bits per heavy atom. The van der Waals surface area contributed by atoms with Gasteiger partial charge in [0.15, 0.2) is 0 Å². The zero-order chi connectivity index (χ0) is 16.4. The van der Waals surface area contributed by atoms with E-state index in [2.05, 4.69) is 11.8 Å². The minimum atomic E-state index is -0.502. The number of aromatic hydroxyl groups is 1. The summed E-state index contributed by atoms with van der Waals surface area (Å²) in [5.74, 6) is 5.01. The molecule has 0 radical (unpaired) electrons. The summed E-state index contributed by atoms with van der Waals surface area (Å²) in [6, 6.07) is 7.23. The number of phenolic OH excluding ortho intramolecular Hbond substituents is 1. The van der Waals surface area contributed by atoms with E-state index in [1.165, 1.54) is 0 Å². The largest absolute Gasteiger partial charge is 0.508 e. The van der Waals surface area contributed by atoms with Crippen molar-refractivity contribution in [3.05, 3.63) is 29.8 Å². The van der Waals surface area contributed by atoms with Gasteiger partial charge < -0.3 is 14.6 Å². The summed E-state index contributed by atoms with van der Waals surface area (Å²) in [6.07, 6.45) is 0.770. The summed E-state index contributed by atoms with van der Waals surface area (Å²) in [6.45, 7) is 3.08. The van der Waals surface area contributed by atoms with Gasteiger partial charge in [-0.1, -0.05) is 18.1 Å². The molecule has 0 heterocycles. The van der Waals surface area contributed by atoms with Crippen LogP contribution in [0.2, 0.25) is 0 Å². The van der Waals surface area contributed by atoms with Gasteiger partial charge in [0.1, 0.15) is 5.75 Å².